The predicted octanol–water partition coefficient (Wildman–Crippen LogP) is 1.87. The van der Waals surface area contributed by atoms with E-state index in [1.165, 1.54) is 16.7 Å². The molecule has 1 N–H and O–H groups in total. The number of piperidine rings is 1. The molecule has 2 heterocycles. The lowest BCUT2D eigenvalue weighted by Crippen LogP contribution is -2.45. The lowest BCUT2D eigenvalue weighted by Gasteiger charge is -2.33. The second kappa shape index (κ2) is 5.72. The maximum atomic E-state index is 12.3. The predicted molar refractivity (Wildman–Crippen MR) is 76.8 cm³/mol. The van der Waals surface area contributed by atoms with Crippen molar-refractivity contribution in [3.63, 3.8) is 0 Å². The largest absolute Gasteiger partial charge is 0.302 e. The van der Waals surface area contributed by atoms with Gasteiger partial charge in [-0.25, -0.2) is 9.97 Å². The molecule has 2 rings (SSSR count). The van der Waals surface area contributed by atoms with Crippen LogP contribution < -0.4 is 4.72 Å². The van der Waals surface area contributed by atoms with Crippen LogP contribution in [-0.4, -0.2) is 35.8 Å². The van der Waals surface area contributed by atoms with E-state index in [1.807, 2.05) is 0 Å². The smallest absolute Gasteiger partial charge is 0.253 e. The Labute approximate surface area is 121 Å². The van der Waals surface area contributed by atoms with Crippen molar-refractivity contribution in [2.24, 2.45) is 11.8 Å². The summed E-state index contributed by atoms with van der Waals surface area (Å²) >= 11 is 3.16. The van der Waals surface area contributed by atoms with Crippen LogP contribution in [-0.2, 0) is 10.2 Å². The summed E-state index contributed by atoms with van der Waals surface area (Å²) in [6.07, 6.45) is 3.90. The van der Waals surface area contributed by atoms with E-state index in [2.05, 4.69) is 44.5 Å². The van der Waals surface area contributed by atoms with E-state index in [0.717, 1.165) is 6.42 Å². The van der Waals surface area contributed by atoms with Crippen molar-refractivity contribution in [2.45, 2.75) is 20.3 Å². The molecule has 2 atom stereocenters. The average Bonchev–Trinajstić information content (AvgIpc) is 2.31. The molecule has 0 amide bonds. The van der Waals surface area contributed by atoms with E-state index in [4.69, 9.17) is 0 Å². The molecule has 0 spiro atoms. The molecule has 2 unspecified atom stereocenters. The first-order valence-electron chi connectivity index (χ1n) is 6.12. The van der Waals surface area contributed by atoms with Gasteiger partial charge in [-0.05, 0) is 34.2 Å². The normalized spacial score (nSPS) is 25.2. The molecule has 0 bridgehead atoms. The van der Waals surface area contributed by atoms with Gasteiger partial charge in [0.2, 0.25) is 0 Å². The van der Waals surface area contributed by atoms with Crippen LogP contribution in [0.5, 0.6) is 0 Å². The molecule has 106 valence electrons. The van der Waals surface area contributed by atoms with Crippen LogP contribution in [0, 0.1) is 11.8 Å². The quantitative estimate of drug-likeness (QED) is 0.904. The number of anilines is 1. The maximum absolute atomic E-state index is 12.3. The van der Waals surface area contributed by atoms with Crippen molar-refractivity contribution >= 4 is 32.0 Å². The zero-order valence-electron chi connectivity index (χ0n) is 10.9. The third-order valence-electron chi connectivity index (χ3n) is 3.03. The molecule has 0 aliphatic carbocycles. The molecule has 1 aromatic heterocycles. The molecular weight excluding hydrogens is 332 g/mol. The zero-order chi connectivity index (χ0) is 14.0. The highest BCUT2D eigenvalue weighted by atomic mass is 79.9. The van der Waals surface area contributed by atoms with Crippen molar-refractivity contribution < 1.29 is 8.42 Å². The lowest BCUT2D eigenvalue weighted by atomic mass is 9.94. The fraction of sp³-hybridized carbons (Fsp3) is 0.636. The molecule has 0 aromatic carbocycles. The zero-order valence-corrected chi connectivity index (χ0v) is 13.3. The SMILES string of the molecule is CC1CC(C)CN(S(=O)(=O)Nc2cnc(Br)cn2)C1. The number of hydrogen-bond acceptors (Lipinski definition) is 4. The first kappa shape index (κ1) is 14.7. The van der Waals surface area contributed by atoms with E-state index in [0.29, 0.717) is 29.5 Å². The summed E-state index contributed by atoms with van der Waals surface area (Å²) in [7, 11) is -3.55. The van der Waals surface area contributed by atoms with Crippen LogP contribution in [0.4, 0.5) is 5.82 Å². The van der Waals surface area contributed by atoms with E-state index >= 15 is 0 Å². The second-order valence-electron chi connectivity index (χ2n) is 5.09. The van der Waals surface area contributed by atoms with Crippen molar-refractivity contribution in [3.05, 3.63) is 17.0 Å². The number of halogens is 1. The minimum atomic E-state index is -3.55. The van der Waals surface area contributed by atoms with Gasteiger partial charge in [-0.1, -0.05) is 13.8 Å². The minimum absolute atomic E-state index is 0.231. The Balaban J connectivity index is 2.11. The van der Waals surface area contributed by atoms with Crippen LogP contribution in [0.1, 0.15) is 20.3 Å². The summed E-state index contributed by atoms with van der Waals surface area (Å²) in [6.45, 7) is 5.22. The molecule has 1 aliphatic rings. The van der Waals surface area contributed by atoms with Crippen LogP contribution in [0.2, 0.25) is 0 Å². The Bertz CT molecular complexity index is 524. The van der Waals surface area contributed by atoms with Crippen LogP contribution in [0.3, 0.4) is 0 Å². The first-order chi connectivity index (χ1) is 8.87. The van der Waals surface area contributed by atoms with E-state index in [9.17, 15) is 8.42 Å². The Morgan fingerprint density at radius 2 is 1.89 bits per heavy atom. The second-order valence-corrected chi connectivity index (χ2v) is 7.58. The molecule has 19 heavy (non-hydrogen) atoms. The molecule has 1 aliphatic heterocycles. The van der Waals surface area contributed by atoms with E-state index in [1.54, 1.807) is 0 Å². The van der Waals surface area contributed by atoms with Gasteiger partial charge in [-0.3, -0.25) is 4.72 Å². The van der Waals surface area contributed by atoms with Gasteiger partial charge in [-0.15, -0.1) is 0 Å². The number of hydrogen-bond donors (Lipinski definition) is 1. The van der Waals surface area contributed by atoms with E-state index in [-0.39, 0.29) is 5.82 Å². The molecule has 0 radical (unpaired) electrons. The van der Waals surface area contributed by atoms with Gasteiger partial charge in [-0.2, -0.15) is 12.7 Å². The molecule has 6 nitrogen and oxygen atoms in total. The summed E-state index contributed by atoms with van der Waals surface area (Å²) in [5, 5.41) is 0. The Morgan fingerprint density at radius 1 is 1.26 bits per heavy atom. The highest BCUT2D eigenvalue weighted by Crippen LogP contribution is 2.23. The summed E-state index contributed by atoms with van der Waals surface area (Å²) in [6, 6.07) is 0. The maximum Gasteiger partial charge on any atom is 0.302 e. The summed E-state index contributed by atoms with van der Waals surface area (Å²) in [5.74, 6) is 0.974. The molecule has 1 saturated heterocycles. The standard InChI is InChI=1S/C11H17BrN4O2S/c1-8-3-9(2)7-16(6-8)19(17,18)15-11-5-13-10(12)4-14-11/h4-5,8-9H,3,6-7H2,1-2H3,(H,14,15). The monoisotopic (exact) mass is 348 g/mol. The molecule has 8 heteroatoms. The number of rotatable bonds is 3. The van der Waals surface area contributed by atoms with Gasteiger partial charge in [0.05, 0.1) is 12.4 Å². The van der Waals surface area contributed by atoms with Crippen molar-refractivity contribution in [1.82, 2.24) is 14.3 Å². The molecular formula is C11H17BrN4O2S. The number of nitrogens with zero attached hydrogens (tertiary/aromatic N) is 3. The number of nitrogens with one attached hydrogen (secondary N) is 1. The first-order valence-corrected chi connectivity index (χ1v) is 8.35. The third-order valence-corrected chi connectivity index (χ3v) is 4.88. The summed E-state index contributed by atoms with van der Waals surface area (Å²) in [5.41, 5.74) is 0. The van der Waals surface area contributed by atoms with Gasteiger partial charge >= 0.3 is 10.2 Å². The fourth-order valence-corrected chi connectivity index (χ4v) is 3.97. The minimum Gasteiger partial charge on any atom is -0.253 e. The van der Waals surface area contributed by atoms with Gasteiger partial charge in [0.25, 0.3) is 0 Å². The molecule has 1 aromatic rings. The molecule has 1 fully saturated rings. The van der Waals surface area contributed by atoms with Gasteiger partial charge in [0.1, 0.15) is 4.60 Å². The third kappa shape index (κ3) is 3.87. The Hall–Kier alpha value is -0.730. The number of aromatic nitrogens is 2. The van der Waals surface area contributed by atoms with E-state index < -0.39 is 10.2 Å². The summed E-state index contributed by atoms with van der Waals surface area (Å²) < 4.78 is 29.0. The van der Waals surface area contributed by atoms with Gasteiger partial charge in [0, 0.05) is 13.1 Å². The van der Waals surface area contributed by atoms with Gasteiger partial charge in [0.15, 0.2) is 5.82 Å². The average molecular weight is 349 g/mol. The van der Waals surface area contributed by atoms with Crippen molar-refractivity contribution in [3.8, 4) is 0 Å². The Kier molecular flexibility index (Phi) is 4.42. The van der Waals surface area contributed by atoms with Crippen LogP contribution in [0.25, 0.3) is 0 Å². The fourth-order valence-electron chi connectivity index (χ4n) is 2.36. The Morgan fingerprint density at radius 3 is 2.42 bits per heavy atom. The van der Waals surface area contributed by atoms with Crippen molar-refractivity contribution in [1.29, 1.82) is 0 Å². The highest BCUT2D eigenvalue weighted by molar-refractivity contribution is 9.10. The highest BCUT2D eigenvalue weighted by Gasteiger charge is 2.30. The van der Waals surface area contributed by atoms with Crippen molar-refractivity contribution in [2.75, 3.05) is 17.8 Å². The van der Waals surface area contributed by atoms with Gasteiger partial charge < -0.3 is 0 Å². The van der Waals surface area contributed by atoms with Crippen LogP contribution in [0.15, 0.2) is 17.0 Å². The van der Waals surface area contributed by atoms with Crippen LogP contribution >= 0.6 is 15.9 Å². The summed E-state index contributed by atoms with van der Waals surface area (Å²) in [4.78, 5) is 7.92. The topological polar surface area (TPSA) is 75.2 Å². The molecule has 0 saturated carbocycles. The lowest BCUT2D eigenvalue weighted by molar-refractivity contribution is 0.223.